The van der Waals surface area contributed by atoms with Crippen molar-refractivity contribution < 1.29 is 9.59 Å². The van der Waals surface area contributed by atoms with Crippen molar-refractivity contribution in [2.24, 2.45) is 0 Å². The predicted molar refractivity (Wildman–Crippen MR) is 107 cm³/mol. The Morgan fingerprint density at radius 3 is 2.46 bits per heavy atom. The van der Waals surface area contributed by atoms with Crippen molar-refractivity contribution in [1.29, 1.82) is 0 Å². The second-order valence-corrected chi connectivity index (χ2v) is 6.13. The molecule has 0 unspecified atom stereocenters. The van der Waals surface area contributed by atoms with Crippen molar-refractivity contribution >= 4 is 28.5 Å². The highest BCUT2D eigenvalue weighted by molar-refractivity contribution is 6.06. The van der Waals surface area contributed by atoms with Crippen LogP contribution in [0.3, 0.4) is 0 Å². The van der Waals surface area contributed by atoms with Gasteiger partial charge in [-0.25, -0.2) is 0 Å². The first-order valence-corrected chi connectivity index (χ1v) is 8.91. The van der Waals surface area contributed by atoms with Crippen molar-refractivity contribution in [1.82, 2.24) is 14.9 Å². The molecule has 1 heterocycles. The fourth-order valence-electron chi connectivity index (χ4n) is 2.94. The van der Waals surface area contributed by atoms with Crippen molar-refractivity contribution in [3.63, 3.8) is 0 Å². The van der Waals surface area contributed by atoms with E-state index >= 15 is 0 Å². The van der Waals surface area contributed by atoms with Gasteiger partial charge in [0.25, 0.3) is 11.8 Å². The third kappa shape index (κ3) is 3.71. The SMILES string of the molecule is CCNC(=O)c1cccc(NC(=O)c2ccc3c(c2)[nH]c(=O)c(=O)n3CC)c1. The van der Waals surface area contributed by atoms with Gasteiger partial charge in [-0.1, -0.05) is 6.07 Å². The molecule has 0 saturated carbocycles. The molecule has 8 nitrogen and oxygen atoms in total. The summed E-state index contributed by atoms with van der Waals surface area (Å²) in [6.07, 6.45) is 0. The molecule has 0 aliphatic rings. The molecule has 0 atom stereocenters. The highest BCUT2D eigenvalue weighted by Gasteiger charge is 2.12. The number of aromatic amines is 1. The number of carbonyl (C=O) groups excluding carboxylic acids is 2. The van der Waals surface area contributed by atoms with Crippen LogP contribution in [0.5, 0.6) is 0 Å². The number of aromatic nitrogens is 2. The second-order valence-electron chi connectivity index (χ2n) is 6.13. The number of aryl methyl sites for hydroxylation is 1. The van der Waals surface area contributed by atoms with Crippen LogP contribution in [0.25, 0.3) is 11.0 Å². The Hall–Kier alpha value is -3.68. The van der Waals surface area contributed by atoms with Gasteiger partial charge in [0.15, 0.2) is 0 Å². The summed E-state index contributed by atoms with van der Waals surface area (Å²) in [5.74, 6) is -0.621. The van der Waals surface area contributed by atoms with Gasteiger partial charge < -0.3 is 20.2 Å². The Morgan fingerprint density at radius 1 is 1.00 bits per heavy atom. The van der Waals surface area contributed by atoms with Gasteiger partial charge in [0, 0.05) is 29.9 Å². The first kappa shape index (κ1) is 19.1. The molecule has 3 N–H and O–H groups in total. The van der Waals surface area contributed by atoms with Gasteiger partial charge in [0.1, 0.15) is 0 Å². The Kier molecular flexibility index (Phi) is 5.39. The van der Waals surface area contributed by atoms with Crippen LogP contribution in [0.15, 0.2) is 52.1 Å². The molecular formula is C20H20N4O4. The van der Waals surface area contributed by atoms with E-state index in [2.05, 4.69) is 15.6 Å². The van der Waals surface area contributed by atoms with E-state index in [1.165, 1.54) is 10.6 Å². The fourth-order valence-corrected chi connectivity index (χ4v) is 2.94. The lowest BCUT2D eigenvalue weighted by Gasteiger charge is -2.10. The number of H-pyrrole nitrogens is 1. The number of hydrogen-bond acceptors (Lipinski definition) is 4. The van der Waals surface area contributed by atoms with Crippen molar-refractivity contribution in [2.45, 2.75) is 20.4 Å². The van der Waals surface area contributed by atoms with E-state index in [9.17, 15) is 19.2 Å². The maximum absolute atomic E-state index is 12.6. The average Bonchev–Trinajstić information content (AvgIpc) is 2.69. The molecule has 28 heavy (non-hydrogen) atoms. The topological polar surface area (TPSA) is 113 Å². The molecule has 0 radical (unpaired) electrons. The summed E-state index contributed by atoms with van der Waals surface area (Å²) < 4.78 is 1.35. The summed E-state index contributed by atoms with van der Waals surface area (Å²) in [6.45, 7) is 4.44. The molecule has 8 heteroatoms. The van der Waals surface area contributed by atoms with Crippen LogP contribution in [0, 0.1) is 0 Å². The number of amides is 2. The lowest BCUT2D eigenvalue weighted by molar-refractivity contribution is 0.0954. The summed E-state index contributed by atoms with van der Waals surface area (Å²) in [4.78, 5) is 50.8. The predicted octanol–water partition coefficient (Wildman–Crippen LogP) is 1.71. The molecule has 144 valence electrons. The molecule has 3 aromatic rings. The Labute approximate surface area is 160 Å². The molecule has 0 fully saturated rings. The van der Waals surface area contributed by atoms with Gasteiger partial charge in [0.05, 0.1) is 11.0 Å². The minimum Gasteiger partial charge on any atom is -0.352 e. The van der Waals surface area contributed by atoms with Crippen LogP contribution < -0.4 is 21.8 Å². The van der Waals surface area contributed by atoms with Crippen molar-refractivity contribution in [3.8, 4) is 0 Å². The van der Waals surface area contributed by atoms with Gasteiger partial charge in [-0.15, -0.1) is 0 Å². The standard InChI is InChI=1S/C20H20N4O4/c1-3-21-17(25)12-6-5-7-14(10-12)22-18(26)13-8-9-16-15(11-13)23-19(27)20(28)24(16)4-2/h5-11H,3-4H2,1-2H3,(H,21,25)(H,22,26)(H,23,27). The van der Waals surface area contributed by atoms with Gasteiger partial charge in [-0.05, 0) is 50.2 Å². The molecule has 0 spiro atoms. The Balaban J connectivity index is 1.91. The number of rotatable bonds is 5. The van der Waals surface area contributed by atoms with E-state index in [4.69, 9.17) is 0 Å². The molecule has 0 bridgehead atoms. The third-order valence-corrected chi connectivity index (χ3v) is 4.27. The van der Waals surface area contributed by atoms with E-state index in [0.29, 0.717) is 40.9 Å². The molecule has 2 amide bonds. The quantitative estimate of drug-likeness (QED) is 0.585. The van der Waals surface area contributed by atoms with Crippen molar-refractivity contribution in [3.05, 3.63) is 74.3 Å². The van der Waals surface area contributed by atoms with Crippen molar-refractivity contribution in [2.75, 3.05) is 11.9 Å². The molecule has 3 rings (SSSR count). The second kappa shape index (κ2) is 7.91. The van der Waals surface area contributed by atoms with Crippen LogP contribution >= 0.6 is 0 Å². The van der Waals surface area contributed by atoms with Gasteiger partial charge in [-0.2, -0.15) is 0 Å². The number of nitrogens with one attached hydrogen (secondary N) is 3. The smallest absolute Gasteiger partial charge is 0.316 e. The summed E-state index contributed by atoms with van der Waals surface area (Å²) in [7, 11) is 0. The first-order valence-electron chi connectivity index (χ1n) is 8.91. The first-order chi connectivity index (χ1) is 13.4. The van der Waals surface area contributed by atoms with Crippen LogP contribution in [-0.4, -0.2) is 27.9 Å². The number of hydrogen-bond donors (Lipinski definition) is 3. The van der Waals surface area contributed by atoms with E-state index in [1.807, 2.05) is 6.92 Å². The summed E-state index contributed by atoms with van der Waals surface area (Å²) in [5.41, 5.74) is 0.802. The van der Waals surface area contributed by atoms with Gasteiger partial charge in [-0.3, -0.25) is 19.2 Å². The van der Waals surface area contributed by atoms with E-state index in [1.54, 1.807) is 43.3 Å². The number of benzene rings is 2. The molecule has 0 saturated heterocycles. The maximum Gasteiger partial charge on any atom is 0.316 e. The third-order valence-electron chi connectivity index (χ3n) is 4.27. The number of fused-ring (bicyclic) bond motifs is 1. The highest BCUT2D eigenvalue weighted by atomic mass is 16.2. The number of anilines is 1. The lowest BCUT2D eigenvalue weighted by Crippen LogP contribution is -2.36. The zero-order chi connectivity index (χ0) is 20.3. The van der Waals surface area contributed by atoms with Crippen LogP contribution in [0.2, 0.25) is 0 Å². The minimum absolute atomic E-state index is 0.223. The maximum atomic E-state index is 12.6. The van der Waals surface area contributed by atoms with Gasteiger partial charge >= 0.3 is 11.1 Å². The summed E-state index contributed by atoms with van der Waals surface area (Å²) in [5, 5.41) is 5.44. The molecule has 0 aliphatic carbocycles. The average molecular weight is 380 g/mol. The largest absolute Gasteiger partial charge is 0.352 e. The molecule has 2 aromatic carbocycles. The summed E-state index contributed by atoms with van der Waals surface area (Å²) in [6, 6.07) is 11.3. The van der Waals surface area contributed by atoms with Crippen LogP contribution in [0.4, 0.5) is 5.69 Å². The Morgan fingerprint density at radius 2 is 1.75 bits per heavy atom. The molecular weight excluding hydrogens is 360 g/mol. The van der Waals surface area contributed by atoms with E-state index in [-0.39, 0.29) is 5.91 Å². The van der Waals surface area contributed by atoms with Crippen LogP contribution in [-0.2, 0) is 6.54 Å². The molecule has 1 aromatic heterocycles. The highest BCUT2D eigenvalue weighted by Crippen LogP contribution is 2.15. The lowest BCUT2D eigenvalue weighted by atomic mass is 10.1. The monoisotopic (exact) mass is 380 g/mol. The summed E-state index contributed by atoms with van der Waals surface area (Å²) >= 11 is 0. The minimum atomic E-state index is -0.735. The van der Waals surface area contributed by atoms with Crippen LogP contribution in [0.1, 0.15) is 34.6 Å². The Bertz CT molecular complexity index is 1180. The molecule has 0 aliphatic heterocycles. The zero-order valence-electron chi connectivity index (χ0n) is 15.5. The van der Waals surface area contributed by atoms with Gasteiger partial charge in [0.2, 0.25) is 0 Å². The normalized spacial score (nSPS) is 10.6. The van der Waals surface area contributed by atoms with E-state index in [0.717, 1.165) is 0 Å². The fraction of sp³-hybridized carbons (Fsp3) is 0.200. The number of carbonyl (C=O) groups is 2. The number of nitrogens with zero attached hydrogens (tertiary/aromatic N) is 1. The van der Waals surface area contributed by atoms with E-state index < -0.39 is 17.0 Å². The zero-order valence-corrected chi connectivity index (χ0v) is 15.5.